The van der Waals surface area contributed by atoms with E-state index in [0.29, 0.717) is 18.7 Å². The smallest absolute Gasteiger partial charge is 0.294 e. The Balaban J connectivity index is 2.22. The van der Waals surface area contributed by atoms with Gasteiger partial charge in [0.2, 0.25) is 5.91 Å². The van der Waals surface area contributed by atoms with E-state index >= 15 is 0 Å². The zero-order valence-corrected chi connectivity index (χ0v) is 15.9. The minimum atomic E-state index is -0.546. The molecule has 1 aromatic rings. The number of phenols is 1. The van der Waals surface area contributed by atoms with Gasteiger partial charge in [-0.25, -0.2) is 0 Å². The average molecular weight is 403 g/mol. The number of nitrogens with zero attached hydrogens (tertiary/aromatic N) is 2. The van der Waals surface area contributed by atoms with Crippen molar-refractivity contribution in [1.82, 2.24) is 9.80 Å². The van der Waals surface area contributed by atoms with Crippen LogP contribution in [0.1, 0.15) is 19.4 Å². The molecular weight excluding hydrogens is 387 g/mol. The van der Waals surface area contributed by atoms with Gasteiger partial charge in [0.25, 0.3) is 11.1 Å². The van der Waals surface area contributed by atoms with Crippen LogP contribution in [0.4, 0.5) is 4.79 Å². The van der Waals surface area contributed by atoms with Crippen LogP contribution in [0, 0.1) is 0 Å². The van der Waals surface area contributed by atoms with E-state index in [4.69, 9.17) is 23.2 Å². The number of carbonyl (C=O) groups is 3. The maximum atomic E-state index is 12.4. The molecule has 1 heterocycles. The van der Waals surface area contributed by atoms with Crippen LogP contribution >= 0.6 is 35.0 Å². The average Bonchev–Trinajstić information content (AvgIpc) is 2.81. The highest BCUT2D eigenvalue weighted by molar-refractivity contribution is 8.18. The van der Waals surface area contributed by atoms with Crippen molar-refractivity contribution in [3.05, 3.63) is 32.6 Å². The molecule has 9 heteroatoms. The largest absolute Gasteiger partial charge is 0.505 e. The van der Waals surface area contributed by atoms with E-state index in [1.54, 1.807) is 4.90 Å². The number of halogens is 2. The Kier molecular flexibility index (Phi) is 6.37. The van der Waals surface area contributed by atoms with Crippen LogP contribution < -0.4 is 0 Å². The van der Waals surface area contributed by atoms with Gasteiger partial charge in [0.15, 0.2) is 5.75 Å². The Labute approximate surface area is 159 Å². The number of benzene rings is 1. The highest BCUT2D eigenvalue weighted by Crippen LogP contribution is 2.36. The molecule has 134 valence electrons. The molecule has 0 aromatic heterocycles. The summed E-state index contributed by atoms with van der Waals surface area (Å²) in [6.45, 7) is 4.37. The molecule has 1 saturated heterocycles. The molecule has 0 unspecified atom stereocenters. The summed E-state index contributed by atoms with van der Waals surface area (Å²) in [7, 11) is 0. The van der Waals surface area contributed by atoms with Gasteiger partial charge in [-0.15, -0.1) is 0 Å². The monoisotopic (exact) mass is 402 g/mol. The molecule has 1 aliphatic rings. The Hall–Kier alpha value is -1.70. The molecule has 6 nitrogen and oxygen atoms in total. The molecule has 0 aliphatic carbocycles. The third-order valence-corrected chi connectivity index (χ3v) is 5.10. The van der Waals surface area contributed by atoms with Crippen LogP contribution in [0.25, 0.3) is 6.08 Å². The lowest BCUT2D eigenvalue weighted by atomic mass is 10.2. The summed E-state index contributed by atoms with van der Waals surface area (Å²) >= 11 is 12.4. The number of hydrogen-bond acceptors (Lipinski definition) is 5. The van der Waals surface area contributed by atoms with Gasteiger partial charge in [0.05, 0.1) is 15.0 Å². The predicted molar refractivity (Wildman–Crippen MR) is 98.7 cm³/mol. The van der Waals surface area contributed by atoms with Crippen molar-refractivity contribution >= 4 is 58.1 Å². The first-order valence-electron chi connectivity index (χ1n) is 7.49. The van der Waals surface area contributed by atoms with E-state index in [1.165, 1.54) is 18.2 Å². The summed E-state index contributed by atoms with van der Waals surface area (Å²) in [5.41, 5.74) is 0.466. The molecule has 1 aliphatic heterocycles. The van der Waals surface area contributed by atoms with Crippen LogP contribution in [0.15, 0.2) is 17.0 Å². The van der Waals surface area contributed by atoms with Crippen molar-refractivity contribution in [3.63, 3.8) is 0 Å². The number of likely N-dealkylation sites (N-methyl/N-ethyl adjacent to an activating group) is 1. The van der Waals surface area contributed by atoms with Crippen LogP contribution in [0.2, 0.25) is 10.0 Å². The first-order chi connectivity index (χ1) is 11.8. The fourth-order valence-electron chi connectivity index (χ4n) is 2.27. The van der Waals surface area contributed by atoms with Crippen LogP contribution in [0.5, 0.6) is 5.75 Å². The van der Waals surface area contributed by atoms with E-state index in [9.17, 15) is 19.5 Å². The molecule has 1 N–H and O–H groups in total. The van der Waals surface area contributed by atoms with Crippen molar-refractivity contribution in [1.29, 1.82) is 0 Å². The number of carbonyl (C=O) groups excluding carboxylic acids is 3. The van der Waals surface area contributed by atoms with Gasteiger partial charge in [-0.05, 0) is 49.4 Å². The number of hydrogen-bond donors (Lipinski definition) is 1. The molecule has 0 atom stereocenters. The summed E-state index contributed by atoms with van der Waals surface area (Å²) < 4.78 is 0. The van der Waals surface area contributed by atoms with E-state index < -0.39 is 11.1 Å². The van der Waals surface area contributed by atoms with Gasteiger partial charge < -0.3 is 10.0 Å². The topological polar surface area (TPSA) is 77.9 Å². The van der Waals surface area contributed by atoms with Crippen molar-refractivity contribution in [2.75, 3.05) is 19.6 Å². The Morgan fingerprint density at radius 2 is 1.80 bits per heavy atom. The van der Waals surface area contributed by atoms with Gasteiger partial charge in [-0.1, -0.05) is 23.2 Å². The van der Waals surface area contributed by atoms with E-state index in [2.05, 4.69) is 0 Å². The van der Waals surface area contributed by atoms with Crippen molar-refractivity contribution < 1.29 is 19.5 Å². The third kappa shape index (κ3) is 4.29. The zero-order chi connectivity index (χ0) is 18.7. The lowest BCUT2D eigenvalue weighted by Gasteiger charge is -2.21. The first kappa shape index (κ1) is 19.6. The summed E-state index contributed by atoms with van der Waals surface area (Å²) in [5.74, 6) is -1.08. The molecule has 3 amide bonds. The predicted octanol–water partition coefficient (Wildman–Crippen LogP) is 3.60. The Bertz CT molecular complexity index is 739. The second-order valence-electron chi connectivity index (χ2n) is 5.17. The second-order valence-corrected chi connectivity index (χ2v) is 6.97. The summed E-state index contributed by atoms with van der Waals surface area (Å²) in [6.07, 6.45) is 1.45. The van der Waals surface area contributed by atoms with E-state index in [0.717, 1.165) is 16.7 Å². The highest BCUT2D eigenvalue weighted by Gasteiger charge is 2.36. The van der Waals surface area contributed by atoms with Crippen LogP contribution in [0.3, 0.4) is 0 Å². The van der Waals surface area contributed by atoms with Gasteiger partial charge in [-0.2, -0.15) is 0 Å². The van der Waals surface area contributed by atoms with E-state index in [1.807, 2.05) is 13.8 Å². The molecule has 0 spiro atoms. The molecule has 0 bridgehead atoms. The van der Waals surface area contributed by atoms with Gasteiger partial charge in [0, 0.05) is 13.1 Å². The Morgan fingerprint density at radius 3 is 2.32 bits per heavy atom. The standard InChI is InChI=1S/C16H16Cl2N2O4S/c1-3-19(4-2)13(21)8-20-15(23)12(25-16(20)24)7-9-5-10(17)14(22)11(18)6-9/h5-7,22H,3-4,8H2,1-2H3/b12-7-. The van der Waals surface area contributed by atoms with Crippen molar-refractivity contribution in [2.45, 2.75) is 13.8 Å². The maximum absolute atomic E-state index is 12.4. The highest BCUT2D eigenvalue weighted by atomic mass is 35.5. The van der Waals surface area contributed by atoms with Crippen molar-refractivity contribution in [3.8, 4) is 5.75 Å². The SMILES string of the molecule is CCN(CC)C(=O)CN1C(=O)S/C(=C\c2cc(Cl)c(O)c(Cl)c2)C1=O. The minimum Gasteiger partial charge on any atom is -0.505 e. The van der Waals surface area contributed by atoms with E-state index in [-0.39, 0.29) is 33.2 Å². The lowest BCUT2D eigenvalue weighted by molar-refractivity contribution is -0.135. The Morgan fingerprint density at radius 1 is 1.24 bits per heavy atom. The fraction of sp³-hybridized carbons (Fsp3) is 0.312. The normalized spacial score (nSPS) is 16.0. The maximum Gasteiger partial charge on any atom is 0.294 e. The van der Waals surface area contributed by atoms with Crippen LogP contribution in [-0.4, -0.2) is 51.6 Å². The summed E-state index contributed by atoms with van der Waals surface area (Å²) in [4.78, 5) is 39.3. The first-order valence-corrected chi connectivity index (χ1v) is 9.06. The molecule has 25 heavy (non-hydrogen) atoms. The fourth-order valence-corrected chi connectivity index (χ4v) is 3.61. The molecule has 0 saturated carbocycles. The number of amides is 3. The number of aromatic hydroxyl groups is 1. The lowest BCUT2D eigenvalue weighted by Crippen LogP contribution is -2.41. The minimum absolute atomic E-state index is 0.0367. The van der Waals surface area contributed by atoms with Gasteiger partial charge in [-0.3, -0.25) is 19.3 Å². The molecule has 0 radical (unpaired) electrons. The molecular formula is C16H16Cl2N2O4S. The van der Waals surface area contributed by atoms with Crippen LogP contribution in [-0.2, 0) is 9.59 Å². The third-order valence-electron chi connectivity index (χ3n) is 3.62. The zero-order valence-electron chi connectivity index (χ0n) is 13.6. The molecule has 2 rings (SSSR count). The van der Waals surface area contributed by atoms with Gasteiger partial charge in [0.1, 0.15) is 6.54 Å². The summed E-state index contributed by atoms with van der Waals surface area (Å²) in [5, 5.41) is 9.13. The van der Waals surface area contributed by atoms with Gasteiger partial charge >= 0.3 is 0 Å². The van der Waals surface area contributed by atoms with Crippen molar-refractivity contribution in [2.24, 2.45) is 0 Å². The number of thioether (sulfide) groups is 1. The number of phenolic OH excluding ortho intramolecular Hbond substituents is 1. The number of imide groups is 1. The molecule has 1 aromatic carbocycles. The quantitative estimate of drug-likeness (QED) is 0.761. The second kappa shape index (κ2) is 8.12. The summed E-state index contributed by atoms with van der Waals surface area (Å²) in [6, 6.07) is 2.86. The molecule has 1 fully saturated rings. The number of rotatable bonds is 5.